The molecule has 1 aliphatic rings. The zero-order chi connectivity index (χ0) is 17.1. The summed E-state index contributed by atoms with van der Waals surface area (Å²) in [5, 5.41) is 13.2. The molecule has 2 amide bonds. The summed E-state index contributed by atoms with van der Waals surface area (Å²) in [4.78, 5) is 35.6. The molecule has 1 N–H and O–H groups in total. The first-order valence-corrected chi connectivity index (χ1v) is 7.11. The van der Waals surface area contributed by atoms with Gasteiger partial charge in [-0.3, -0.25) is 24.6 Å². The van der Waals surface area contributed by atoms with Gasteiger partial charge in [-0.1, -0.05) is 12.1 Å². The lowest BCUT2D eigenvalue weighted by Crippen LogP contribution is -2.43. The van der Waals surface area contributed by atoms with Crippen LogP contribution in [0, 0.1) is 10.1 Å². The van der Waals surface area contributed by atoms with Crippen LogP contribution >= 0.6 is 0 Å². The summed E-state index contributed by atoms with van der Waals surface area (Å²) in [6.07, 6.45) is 0. The van der Waals surface area contributed by atoms with Crippen LogP contribution in [-0.2, 0) is 9.59 Å². The number of hydrogen-bond acceptors (Lipinski definition) is 5. The van der Waals surface area contributed by atoms with Gasteiger partial charge in [0.05, 0.1) is 10.6 Å². The van der Waals surface area contributed by atoms with Crippen molar-refractivity contribution in [2.45, 2.75) is 0 Å². The lowest BCUT2D eigenvalue weighted by molar-refractivity contribution is -0.384. The average molecular weight is 327 g/mol. The van der Waals surface area contributed by atoms with E-state index in [1.54, 1.807) is 24.3 Å². The van der Waals surface area contributed by atoms with E-state index in [1.807, 2.05) is 0 Å². The minimum Gasteiger partial charge on any atom is -0.482 e. The molecule has 0 saturated carbocycles. The molecule has 8 heteroatoms. The Kier molecular flexibility index (Phi) is 4.11. The highest BCUT2D eigenvalue weighted by Crippen LogP contribution is 2.31. The van der Waals surface area contributed by atoms with Gasteiger partial charge in [0.15, 0.2) is 6.61 Å². The maximum atomic E-state index is 12.2. The van der Waals surface area contributed by atoms with Crippen LogP contribution < -0.4 is 15.0 Å². The third-order valence-electron chi connectivity index (χ3n) is 3.47. The molecule has 24 heavy (non-hydrogen) atoms. The van der Waals surface area contributed by atoms with Crippen molar-refractivity contribution >= 4 is 28.9 Å². The molecule has 0 atom stereocenters. The second kappa shape index (κ2) is 6.37. The first-order chi connectivity index (χ1) is 11.5. The fourth-order valence-corrected chi connectivity index (χ4v) is 2.34. The number of hydrogen-bond donors (Lipinski definition) is 1. The Morgan fingerprint density at radius 2 is 1.92 bits per heavy atom. The van der Waals surface area contributed by atoms with E-state index >= 15 is 0 Å². The lowest BCUT2D eigenvalue weighted by Gasteiger charge is -2.28. The number of anilines is 2. The van der Waals surface area contributed by atoms with E-state index in [1.165, 1.54) is 29.2 Å². The molecule has 0 fully saturated rings. The molecule has 2 aromatic carbocycles. The van der Waals surface area contributed by atoms with E-state index in [9.17, 15) is 19.7 Å². The smallest absolute Gasteiger partial charge is 0.269 e. The number of nitro groups is 1. The van der Waals surface area contributed by atoms with Crippen LogP contribution in [0.3, 0.4) is 0 Å². The molecule has 8 nitrogen and oxygen atoms in total. The van der Waals surface area contributed by atoms with Gasteiger partial charge in [-0.15, -0.1) is 0 Å². The third kappa shape index (κ3) is 3.17. The zero-order valence-electron chi connectivity index (χ0n) is 12.5. The summed E-state index contributed by atoms with van der Waals surface area (Å²) >= 11 is 0. The number of amides is 2. The SMILES string of the molecule is O=C(CN1C(=O)COc2ccccc21)Nc1ccc([N+](=O)[O-])cc1. The Labute approximate surface area is 136 Å². The van der Waals surface area contributed by atoms with Gasteiger partial charge in [0.1, 0.15) is 12.3 Å². The van der Waals surface area contributed by atoms with Crippen LogP contribution in [0.1, 0.15) is 0 Å². The number of nitrogens with zero attached hydrogens (tertiary/aromatic N) is 2. The second-order valence-electron chi connectivity index (χ2n) is 5.09. The van der Waals surface area contributed by atoms with Gasteiger partial charge in [0.2, 0.25) is 5.91 Å². The van der Waals surface area contributed by atoms with E-state index in [2.05, 4.69) is 5.32 Å². The van der Waals surface area contributed by atoms with E-state index in [0.717, 1.165) is 0 Å². The molecule has 2 aromatic rings. The van der Waals surface area contributed by atoms with Crippen LogP contribution in [0.25, 0.3) is 0 Å². The quantitative estimate of drug-likeness (QED) is 0.683. The lowest BCUT2D eigenvalue weighted by atomic mass is 10.2. The van der Waals surface area contributed by atoms with Gasteiger partial charge < -0.3 is 10.1 Å². The Hall–Kier alpha value is -3.42. The summed E-state index contributed by atoms with van der Waals surface area (Å²) in [7, 11) is 0. The molecule has 1 heterocycles. The van der Waals surface area contributed by atoms with Gasteiger partial charge in [0, 0.05) is 17.8 Å². The molecule has 122 valence electrons. The normalized spacial score (nSPS) is 13.0. The van der Waals surface area contributed by atoms with Crippen molar-refractivity contribution < 1.29 is 19.2 Å². The second-order valence-corrected chi connectivity index (χ2v) is 5.09. The molecule has 0 saturated heterocycles. The van der Waals surface area contributed by atoms with Crippen molar-refractivity contribution in [2.75, 3.05) is 23.4 Å². The first kappa shape index (κ1) is 15.5. The highest BCUT2D eigenvalue weighted by Gasteiger charge is 2.26. The Bertz CT molecular complexity index is 804. The van der Waals surface area contributed by atoms with Crippen molar-refractivity contribution in [3.8, 4) is 5.75 Å². The molecule has 1 aliphatic heterocycles. The summed E-state index contributed by atoms with van der Waals surface area (Å²) in [6, 6.07) is 12.4. The minimum atomic E-state index is -0.519. The van der Waals surface area contributed by atoms with E-state index in [-0.39, 0.29) is 24.7 Å². The molecule has 0 aliphatic carbocycles. The Balaban J connectivity index is 1.70. The predicted molar refractivity (Wildman–Crippen MR) is 86.0 cm³/mol. The van der Waals surface area contributed by atoms with Gasteiger partial charge in [-0.2, -0.15) is 0 Å². The number of fused-ring (bicyclic) bond motifs is 1. The number of nitrogens with one attached hydrogen (secondary N) is 1. The molecule has 0 aromatic heterocycles. The minimum absolute atomic E-state index is 0.0646. The molecular formula is C16H13N3O5. The van der Waals surface area contributed by atoms with Crippen LogP contribution in [0.4, 0.5) is 17.1 Å². The maximum absolute atomic E-state index is 12.2. The van der Waals surface area contributed by atoms with Crippen molar-refractivity contribution in [2.24, 2.45) is 0 Å². The fourth-order valence-electron chi connectivity index (χ4n) is 2.34. The van der Waals surface area contributed by atoms with Gasteiger partial charge >= 0.3 is 0 Å². The third-order valence-corrected chi connectivity index (χ3v) is 3.47. The van der Waals surface area contributed by atoms with Crippen molar-refractivity contribution in [3.05, 3.63) is 58.6 Å². The van der Waals surface area contributed by atoms with E-state index in [4.69, 9.17) is 4.74 Å². The number of carbonyl (C=O) groups is 2. The standard InChI is InChI=1S/C16H13N3O5/c20-15(17-11-5-7-12(8-6-11)19(22)23)9-18-13-3-1-2-4-14(13)24-10-16(18)21/h1-8H,9-10H2,(H,17,20). The highest BCUT2D eigenvalue weighted by atomic mass is 16.6. The summed E-state index contributed by atoms with van der Waals surface area (Å²) in [6.45, 7) is -0.294. The number of carbonyl (C=O) groups excluding carboxylic acids is 2. The van der Waals surface area contributed by atoms with Crippen molar-refractivity contribution in [3.63, 3.8) is 0 Å². The number of para-hydroxylation sites is 2. The molecule has 0 unspecified atom stereocenters. The van der Waals surface area contributed by atoms with E-state index in [0.29, 0.717) is 17.1 Å². The summed E-state index contributed by atoms with van der Waals surface area (Å²) < 4.78 is 5.31. The number of benzene rings is 2. The fraction of sp³-hybridized carbons (Fsp3) is 0.125. The van der Waals surface area contributed by atoms with Gasteiger partial charge in [0.25, 0.3) is 11.6 Å². The van der Waals surface area contributed by atoms with Crippen molar-refractivity contribution in [1.82, 2.24) is 0 Å². The average Bonchev–Trinajstić information content (AvgIpc) is 2.58. The molecular weight excluding hydrogens is 314 g/mol. The zero-order valence-corrected chi connectivity index (χ0v) is 12.5. The van der Waals surface area contributed by atoms with Crippen LogP contribution in [0.5, 0.6) is 5.75 Å². The van der Waals surface area contributed by atoms with E-state index < -0.39 is 10.8 Å². The summed E-state index contributed by atoms with van der Waals surface area (Å²) in [5.74, 6) is -0.179. The highest BCUT2D eigenvalue weighted by molar-refractivity contribution is 6.04. The van der Waals surface area contributed by atoms with Gasteiger partial charge in [-0.05, 0) is 24.3 Å². The number of rotatable bonds is 4. The number of nitro benzene ring substituents is 1. The van der Waals surface area contributed by atoms with Gasteiger partial charge in [-0.25, -0.2) is 0 Å². The van der Waals surface area contributed by atoms with Crippen LogP contribution in [0.2, 0.25) is 0 Å². The first-order valence-electron chi connectivity index (χ1n) is 7.11. The number of non-ortho nitro benzene ring substituents is 1. The van der Waals surface area contributed by atoms with Crippen LogP contribution in [-0.4, -0.2) is 29.9 Å². The topological polar surface area (TPSA) is 102 Å². The monoisotopic (exact) mass is 327 g/mol. The maximum Gasteiger partial charge on any atom is 0.269 e. The largest absolute Gasteiger partial charge is 0.482 e. The van der Waals surface area contributed by atoms with Crippen LogP contribution in [0.15, 0.2) is 48.5 Å². The molecule has 0 spiro atoms. The number of ether oxygens (including phenoxy) is 1. The molecule has 0 radical (unpaired) electrons. The predicted octanol–water partition coefficient (Wildman–Crippen LogP) is 1.96. The summed E-state index contributed by atoms with van der Waals surface area (Å²) in [5.41, 5.74) is 0.887. The Morgan fingerprint density at radius 1 is 1.21 bits per heavy atom. The Morgan fingerprint density at radius 3 is 2.62 bits per heavy atom. The van der Waals surface area contributed by atoms with Crippen molar-refractivity contribution in [1.29, 1.82) is 0 Å². The molecule has 3 rings (SSSR count). The molecule has 0 bridgehead atoms.